The maximum absolute atomic E-state index is 11.8. The van der Waals surface area contributed by atoms with E-state index in [1.807, 2.05) is 6.92 Å². The summed E-state index contributed by atoms with van der Waals surface area (Å²) in [7, 11) is 0. The van der Waals surface area contributed by atoms with Crippen molar-refractivity contribution in [2.75, 3.05) is 11.9 Å². The highest BCUT2D eigenvalue weighted by Crippen LogP contribution is 2.31. The molecule has 0 aliphatic carbocycles. The number of imidazole rings is 1. The predicted molar refractivity (Wildman–Crippen MR) is 80.5 cm³/mol. The molecular formula is C14H19N5O4. The number of nitrogens with one attached hydrogen (secondary N) is 1. The van der Waals surface area contributed by atoms with Gasteiger partial charge in [-0.3, -0.25) is 9.36 Å². The Morgan fingerprint density at radius 1 is 1.48 bits per heavy atom. The van der Waals surface area contributed by atoms with Crippen LogP contribution in [0.3, 0.4) is 0 Å². The molecule has 23 heavy (non-hydrogen) atoms. The predicted octanol–water partition coefficient (Wildman–Crippen LogP) is 0.206. The molecule has 1 aliphatic rings. The molecule has 0 aromatic carbocycles. The molecule has 3 N–H and O–H groups in total. The van der Waals surface area contributed by atoms with Crippen LogP contribution in [0.2, 0.25) is 0 Å². The van der Waals surface area contributed by atoms with Gasteiger partial charge in [0.15, 0.2) is 23.2 Å². The molecule has 3 heterocycles. The van der Waals surface area contributed by atoms with Crippen molar-refractivity contribution in [1.82, 2.24) is 19.5 Å². The van der Waals surface area contributed by atoms with E-state index in [-0.39, 0.29) is 12.5 Å². The lowest BCUT2D eigenvalue weighted by molar-refractivity contribution is -0.116. The summed E-state index contributed by atoms with van der Waals surface area (Å²) in [6.07, 6.45) is 2.43. The monoisotopic (exact) mass is 321 g/mol. The summed E-state index contributed by atoms with van der Waals surface area (Å²) < 4.78 is 7.20. The number of aliphatic hydroxyl groups is 2. The number of carbonyl (C=O) groups excluding carboxylic acids is 1. The normalized spacial score (nSPS) is 24.2. The maximum atomic E-state index is 11.8. The average Bonchev–Trinajstić information content (AvgIpc) is 3.11. The van der Waals surface area contributed by atoms with E-state index in [1.54, 1.807) is 4.57 Å². The number of fused-ring (bicyclic) bond motifs is 1. The molecule has 0 bridgehead atoms. The van der Waals surface area contributed by atoms with Gasteiger partial charge in [0.25, 0.3) is 0 Å². The Balaban J connectivity index is 1.91. The van der Waals surface area contributed by atoms with Gasteiger partial charge in [-0.05, 0) is 6.42 Å². The van der Waals surface area contributed by atoms with Crippen molar-refractivity contribution in [2.24, 2.45) is 0 Å². The molecule has 2 aromatic heterocycles. The molecule has 0 unspecified atom stereocenters. The SMILES string of the molecule is CCCC(=O)Nc1ncnc2c1ncn2[C@@H]1O[C@H](CO)C[C@H]1O. The molecule has 3 rings (SSSR count). The highest BCUT2D eigenvalue weighted by molar-refractivity contribution is 5.96. The first-order valence-electron chi connectivity index (χ1n) is 7.55. The summed E-state index contributed by atoms with van der Waals surface area (Å²) in [5, 5.41) is 22.0. The second-order valence-corrected chi connectivity index (χ2v) is 5.48. The van der Waals surface area contributed by atoms with Crippen LogP contribution in [-0.2, 0) is 9.53 Å². The van der Waals surface area contributed by atoms with E-state index >= 15 is 0 Å². The fraction of sp³-hybridized carbons (Fsp3) is 0.571. The zero-order chi connectivity index (χ0) is 16.4. The van der Waals surface area contributed by atoms with Gasteiger partial charge in [0, 0.05) is 12.8 Å². The molecular weight excluding hydrogens is 302 g/mol. The zero-order valence-electron chi connectivity index (χ0n) is 12.7. The van der Waals surface area contributed by atoms with E-state index in [9.17, 15) is 15.0 Å². The van der Waals surface area contributed by atoms with Crippen LogP contribution >= 0.6 is 0 Å². The highest BCUT2D eigenvalue weighted by Gasteiger charge is 2.36. The summed E-state index contributed by atoms with van der Waals surface area (Å²) in [5.74, 6) is 0.193. The van der Waals surface area contributed by atoms with Crippen LogP contribution in [0.15, 0.2) is 12.7 Å². The van der Waals surface area contributed by atoms with Crippen molar-refractivity contribution in [3.05, 3.63) is 12.7 Å². The standard InChI is InChI=1S/C14H19N5O4/c1-2-3-10(22)18-12-11-13(16-6-15-12)19(7-17-11)14-9(21)4-8(5-20)23-14/h6-9,14,20-21H,2-5H2,1H3,(H,15,16,18,22)/t8-,9+,14+/m0/s1. The minimum Gasteiger partial charge on any atom is -0.394 e. The van der Waals surface area contributed by atoms with Gasteiger partial charge in [-0.1, -0.05) is 6.92 Å². The van der Waals surface area contributed by atoms with Gasteiger partial charge in [0.05, 0.1) is 19.0 Å². The number of rotatable bonds is 5. The van der Waals surface area contributed by atoms with Crippen LogP contribution in [0.1, 0.15) is 32.4 Å². The molecule has 0 radical (unpaired) electrons. The summed E-state index contributed by atoms with van der Waals surface area (Å²) in [5.41, 5.74) is 0.884. The lowest BCUT2D eigenvalue weighted by Gasteiger charge is -2.16. The number of hydrogen-bond acceptors (Lipinski definition) is 7. The molecule has 3 atom stereocenters. The van der Waals surface area contributed by atoms with E-state index in [4.69, 9.17) is 4.74 Å². The fourth-order valence-electron chi connectivity index (χ4n) is 2.65. The van der Waals surface area contributed by atoms with E-state index in [2.05, 4.69) is 20.3 Å². The summed E-state index contributed by atoms with van der Waals surface area (Å²) >= 11 is 0. The number of nitrogens with zero attached hydrogens (tertiary/aromatic N) is 4. The molecule has 9 nitrogen and oxygen atoms in total. The third-order valence-corrected chi connectivity index (χ3v) is 3.74. The van der Waals surface area contributed by atoms with Gasteiger partial charge < -0.3 is 20.3 Å². The second kappa shape index (κ2) is 6.57. The minimum absolute atomic E-state index is 0.139. The highest BCUT2D eigenvalue weighted by atomic mass is 16.5. The third kappa shape index (κ3) is 3.03. The van der Waals surface area contributed by atoms with E-state index in [1.165, 1.54) is 12.7 Å². The van der Waals surface area contributed by atoms with Gasteiger partial charge in [0.2, 0.25) is 5.91 Å². The lowest BCUT2D eigenvalue weighted by atomic mass is 10.2. The van der Waals surface area contributed by atoms with Crippen molar-refractivity contribution in [3.63, 3.8) is 0 Å². The number of aliphatic hydroxyl groups excluding tert-OH is 2. The number of aromatic nitrogens is 4. The molecule has 124 valence electrons. The quantitative estimate of drug-likeness (QED) is 0.719. The van der Waals surface area contributed by atoms with Gasteiger partial charge >= 0.3 is 0 Å². The molecule has 1 aliphatic heterocycles. The number of carbonyl (C=O) groups is 1. The Kier molecular flexibility index (Phi) is 4.51. The number of ether oxygens (including phenoxy) is 1. The Morgan fingerprint density at radius 2 is 2.30 bits per heavy atom. The zero-order valence-corrected chi connectivity index (χ0v) is 12.7. The first-order chi connectivity index (χ1) is 11.1. The van der Waals surface area contributed by atoms with Crippen LogP contribution in [-0.4, -0.2) is 54.5 Å². The van der Waals surface area contributed by atoms with E-state index in [0.29, 0.717) is 29.8 Å². The van der Waals surface area contributed by atoms with Gasteiger partial charge in [-0.25, -0.2) is 15.0 Å². The van der Waals surface area contributed by atoms with Crippen molar-refractivity contribution in [1.29, 1.82) is 0 Å². The Bertz CT molecular complexity index is 704. The van der Waals surface area contributed by atoms with E-state index in [0.717, 1.165) is 6.42 Å². The molecule has 2 aromatic rings. The second-order valence-electron chi connectivity index (χ2n) is 5.48. The van der Waals surface area contributed by atoms with Crippen molar-refractivity contribution < 1.29 is 19.7 Å². The molecule has 1 saturated heterocycles. The number of amides is 1. The third-order valence-electron chi connectivity index (χ3n) is 3.74. The molecule has 9 heteroatoms. The smallest absolute Gasteiger partial charge is 0.225 e. The maximum Gasteiger partial charge on any atom is 0.225 e. The number of anilines is 1. The Hall–Kier alpha value is -2.10. The Morgan fingerprint density at radius 3 is 3.00 bits per heavy atom. The van der Waals surface area contributed by atoms with Crippen molar-refractivity contribution >= 4 is 22.9 Å². The van der Waals surface area contributed by atoms with Crippen LogP contribution in [0.5, 0.6) is 0 Å². The largest absolute Gasteiger partial charge is 0.394 e. The molecule has 0 saturated carbocycles. The van der Waals surface area contributed by atoms with Crippen LogP contribution in [0.4, 0.5) is 5.82 Å². The lowest BCUT2D eigenvalue weighted by Crippen LogP contribution is -2.19. The summed E-state index contributed by atoms with van der Waals surface area (Å²) in [4.78, 5) is 24.2. The molecule has 0 spiro atoms. The van der Waals surface area contributed by atoms with Crippen molar-refractivity contribution in [2.45, 2.75) is 44.6 Å². The van der Waals surface area contributed by atoms with E-state index < -0.39 is 18.4 Å². The van der Waals surface area contributed by atoms with Crippen LogP contribution in [0.25, 0.3) is 11.2 Å². The topological polar surface area (TPSA) is 122 Å². The minimum atomic E-state index is -0.766. The van der Waals surface area contributed by atoms with Crippen molar-refractivity contribution in [3.8, 4) is 0 Å². The summed E-state index contributed by atoms with van der Waals surface area (Å²) in [6.45, 7) is 1.76. The van der Waals surface area contributed by atoms with Gasteiger partial charge in [-0.15, -0.1) is 0 Å². The van der Waals surface area contributed by atoms with Crippen LogP contribution in [0, 0.1) is 0 Å². The van der Waals surface area contributed by atoms with Gasteiger partial charge in [0.1, 0.15) is 12.4 Å². The summed E-state index contributed by atoms with van der Waals surface area (Å²) in [6, 6.07) is 0. The Labute approximate surface area is 132 Å². The fourth-order valence-corrected chi connectivity index (χ4v) is 2.65. The van der Waals surface area contributed by atoms with Crippen LogP contribution < -0.4 is 5.32 Å². The molecule has 1 fully saturated rings. The van der Waals surface area contributed by atoms with Gasteiger partial charge in [-0.2, -0.15) is 0 Å². The first kappa shape index (κ1) is 15.8. The first-order valence-corrected chi connectivity index (χ1v) is 7.55. The molecule has 1 amide bonds. The average molecular weight is 321 g/mol. The number of hydrogen-bond donors (Lipinski definition) is 3.